The number of esters is 3. The number of aryl methyl sites for hydroxylation is 1. The van der Waals surface area contributed by atoms with Gasteiger partial charge in [-0.25, -0.2) is 14.4 Å². The standard InChI is InChI=1S/C56H48O10/c1-5-54(57)63-34-8-7-33-62-52-32-26-48(38-53(52)60-4)56(59)66-50-29-19-43(20-30-50)11-12-44-21-31-51(40(3)37-44)65-39-45-15-24-47(25-16-45)46-22-13-41(14-23-46)9-10-42-17-27-49(28-18-42)61-35-36-64-55(58)6-2/h5-6,13-32,37-38H,1-2,7-8,33-36,39H2,3-4H3. The fraction of sp³-hybridized carbons (Fsp3) is 0.161. The first-order valence-corrected chi connectivity index (χ1v) is 21.1. The van der Waals surface area contributed by atoms with Gasteiger partial charge in [0.05, 0.1) is 25.9 Å². The molecule has 0 saturated carbocycles. The molecule has 0 heterocycles. The molecule has 0 aliphatic heterocycles. The van der Waals surface area contributed by atoms with Crippen molar-refractivity contribution >= 4 is 17.9 Å². The fourth-order valence-electron chi connectivity index (χ4n) is 6.18. The maximum absolute atomic E-state index is 12.9. The van der Waals surface area contributed by atoms with Crippen molar-refractivity contribution in [3.05, 3.63) is 198 Å². The number of benzene rings is 6. The molecule has 0 spiro atoms. The molecule has 66 heavy (non-hydrogen) atoms. The van der Waals surface area contributed by atoms with Crippen LogP contribution < -0.4 is 23.7 Å². The van der Waals surface area contributed by atoms with Crippen LogP contribution in [0.3, 0.4) is 0 Å². The van der Waals surface area contributed by atoms with Crippen molar-refractivity contribution in [2.24, 2.45) is 0 Å². The van der Waals surface area contributed by atoms with Crippen LogP contribution in [0.1, 0.15) is 56.6 Å². The van der Waals surface area contributed by atoms with E-state index in [1.54, 1.807) is 42.5 Å². The molecule has 0 radical (unpaired) electrons. The summed E-state index contributed by atoms with van der Waals surface area (Å²) in [4.78, 5) is 35.2. The van der Waals surface area contributed by atoms with Crippen LogP contribution in [0, 0.1) is 30.6 Å². The van der Waals surface area contributed by atoms with E-state index < -0.39 is 17.9 Å². The third-order valence-electron chi connectivity index (χ3n) is 9.73. The fourth-order valence-corrected chi connectivity index (χ4v) is 6.18. The van der Waals surface area contributed by atoms with Crippen LogP contribution in [0.5, 0.6) is 28.7 Å². The van der Waals surface area contributed by atoms with Gasteiger partial charge >= 0.3 is 17.9 Å². The van der Waals surface area contributed by atoms with Gasteiger partial charge in [0.15, 0.2) is 11.5 Å². The number of hydrogen-bond donors (Lipinski definition) is 0. The lowest BCUT2D eigenvalue weighted by Crippen LogP contribution is -2.10. The van der Waals surface area contributed by atoms with Crippen LogP contribution in [-0.2, 0) is 25.7 Å². The van der Waals surface area contributed by atoms with Crippen molar-refractivity contribution in [2.75, 3.05) is 33.5 Å². The highest BCUT2D eigenvalue weighted by Crippen LogP contribution is 2.29. The molecule has 10 nitrogen and oxygen atoms in total. The smallest absolute Gasteiger partial charge is 0.343 e. The highest BCUT2D eigenvalue weighted by molar-refractivity contribution is 5.92. The van der Waals surface area contributed by atoms with E-state index >= 15 is 0 Å². The number of hydrogen-bond acceptors (Lipinski definition) is 10. The number of carbonyl (C=O) groups excluding carboxylic acids is 3. The second kappa shape index (κ2) is 24.4. The molecular formula is C56H48O10. The summed E-state index contributed by atoms with van der Waals surface area (Å²) >= 11 is 0. The van der Waals surface area contributed by atoms with Crippen LogP contribution in [0.25, 0.3) is 11.1 Å². The maximum Gasteiger partial charge on any atom is 0.343 e. The van der Waals surface area contributed by atoms with Gasteiger partial charge in [-0.1, -0.05) is 73.2 Å². The summed E-state index contributed by atoms with van der Waals surface area (Å²) in [5.74, 6) is 14.0. The predicted octanol–water partition coefficient (Wildman–Crippen LogP) is 10.3. The minimum atomic E-state index is -0.542. The molecule has 0 atom stereocenters. The molecule has 10 heteroatoms. The summed E-state index contributed by atoms with van der Waals surface area (Å²) in [5.41, 5.74) is 7.86. The van der Waals surface area contributed by atoms with E-state index in [0.29, 0.717) is 54.6 Å². The van der Waals surface area contributed by atoms with Crippen LogP contribution >= 0.6 is 0 Å². The Hall–Kier alpha value is -8.47. The topological polar surface area (TPSA) is 116 Å². The lowest BCUT2D eigenvalue weighted by Gasteiger charge is -2.12. The average molecular weight is 881 g/mol. The number of rotatable bonds is 19. The summed E-state index contributed by atoms with van der Waals surface area (Å²) in [6.45, 7) is 10.2. The van der Waals surface area contributed by atoms with Crippen molar-refractivity contribution in [3.63, 3.8) is 0 Å². The van der Waals surface area contributed by atoms with Crippen LogP contribution in [-0.4, -0.2) is 51.4 Å². The van der Waals surface area contributed by atoms with Crippen molar-refractivity contribution in [1.29, 1.82) is 0 Å². The zero-order valence-corrected chi connectivity index (χ0v) is 36.8. The van der Waals surface area contributed by atoms with Gasteiger partial charge in [-0.2, -0.15) is 0 Å². The first-order chi connectivity index (χ1) is 32.2. The third-order valence-corrected chi connectivity index (χ3v) is 9.73. The SMILES string of the molecule is C=CC(=O)OCCCCOc1ccc(C(=O)Oc2ccc(C#Cc3ccc(OCc4ccc(-c5ccc(C#Cc6ccc(OCCOC(=O)C=C)cc6)cc5)cc4)c(C)c3)cc2)cc1OC. The molecule has 0 aliphatic carbocycles. The average Bonchev–Trinajstić information content (AvgIpc) is 3.35. The number of methoxy groups -OCH3 is 1. The minimum absolute atomic E-state index is 0.151. The Morgan fingerprint density at radius 1 is 0.515 bits per heavy atom. The molecule has 0 aromatic heterocycles. The maximum atomic E-state index is 12.9. The summed E-state index contributed by atoms with van der Waals surface area (Å²) in [6, 6.07) is 41.5. The largest absolute Gasteiger partial charge is 0.493 e. The van der Waals surface area contributed by atoms with Crippen molar-refractivity contribution in [1.82, 2.24) is 0 Å². The van der Waals surface area contributed by atoms with Gasteiger partial charge in [-0.15, -0.1) is 0 Å². The lowest BCUT2D eigenvalue weighted by molar-refractivity contribution is -0.139. The van der Waals surface area contributed by atoms with Crippen molar-refractivity contribution in [2.45, 2.75) is 26.4 Å². The molecule has 0 amide bonds. The zero-order chi connectivity index (χ0) is 46.5. The minimum Gasteiger partial charge on any atom is -0.493 e. The van der Waals surface area contributed by atoms with Crippen molar-refractivity contribution < 1.29 is 47.5 Å². The van der Waals surface area contributed by atoms with Gasteiger partial charge in [0.1, 0.15) is 37.1 Å². The van der Waals surface area contributed by atoms with Crippen LogP contribution in [0.2, 0.25) is 0 Å². The molecule has 0 fully saturated rings. The van der Waals surface area contributed by atoms with E-state index in [4.69, 9.17) is 33.2 Å². The van der Waals surface area contributed by atoms with Gasteiger partial charge in [0.25, 0.3) is 0 Å². The summed E-state index contributed by atoms with van der Waals surface area (Å²) in [5, 5.41) is 0. The van der Waals surface area contributed by atoms with Crippen molar-refractivity contribution in [3.8, 4) is 63.6 Å². The number of ether oxygens (including phenoxy) is 7. The highest BCUT2D eigenvalue weighted by atomic mass is 16.6. The second-order valence-corrected chi connectivity index (χ2v) is 14.5. The molecule has 6 aromatic carbocycles. The molecule has 0 unspecified atom stereocenters. The Bertz CT molecular complexity index is 2750. The molecule has 0 saturated heterocycles. The zero-order valence-electron chi connectivity index (χ0n) is 36.8. The molecule has 332 valence electrons. The number of carbonyl (C=O) groups is 3. The lowest BCUT2D eigenvalue weighted by atomic mass is 10.0. The second-order valence-electron chi connectivity index (χ2n) is 14.5. The Morgan fingerprint density at radius 2 is 1.05 bits per heavy atom. The molecule has 0 bridgehead atoms. The summed E-state index contributed by atoms with van der Waals surface area (Å²) < 4.78 is 38.5. The van der Waals surface area contributed by atoms with Gasteiger partial charge in [0, 0.05) is 34.4 Å². The molecule has 6 aromatic rings. The highest BCUT2D eigenvalue weighted by Gasteiger charge is 2.14. The van der Waals surface area contributed by atoms with E-state index in [1.165, 1.54) is 7.11 Å². The van der Waals surface area contributed by atoms with E-state index in [0.717, 1.165) is 62.4 Å². The predicted molar refractivity (Wildman–Crippen MR) is 253 cm³/mol. The Morgan fingerprint density at radius 3 is 1.65 bits per heavy atom. The monoisotopic (exact) mass is 880 g/mol. The van der Waals surface area contributed by atoms with E-state index in [-0.39, 0.29) is 19.8 Å². The summed E-state index contributed by atoms with van der Waals surface area (Å²) in [6.07, 6.45) is 3.54. The van der Waals surface area contributed by atoms with Gasteiger partial charge in [-0.3, -0.25) is 0 Å². The first-order valence-electron chi connectivity index (χ1n) is 21.1. The first kappa shape index (κ1) is 47.0. The van der Waals surface area contributed by atoms with Gasteiger partial charge < -0.3 is 33.2 Å². The summed E-state index contributed by atoms with van der Waals surface area (Å²) in [7, 11) is 1.50. The molecule has 0 N–H and O–H groups in total. The van der Waals surface area contributed by atoms with Gasteiger partial charge in [0.2, 0.25) is 0 Å². The molecular weight excluding hydrogens is 833 g/mol. The number of unbranched alkanes of at least 4 members (excludes halogenated alkanes) is 1. The quantitative estimate of drug-likeness (QED) is 0.0256. The Balaban J connectivity index is 0.937. The van der Waals surface area contributed by atoms with Gasteiger partial charge in [-0.05, 0) is 139 Å². The third kappa shape index (κ3) is 14.5. The van der Waals surface area contributed by atoms with E-state index in [1.807, 2.05) is 61.5 Å². The Labute approximate surface area is 385 Å². The normalized spacial score (nSPS) is 10.2. The molecule has 0 aliphatic rings. The van der Waals surface area contributed by atoms with E-state index in [2.05, 4.69) is 73.2 Å². The van der Waals surface area contributed by atoms with Crippen LogP contribution in [0.4, 0.5) is 0 Å². The van der Waals surface area contributed by atoms with E-state index in [9.17, 15) is 14.4 Å². The van der Waals surface area contributed by atoms with Crippen LogP contribution in [0.15, 0.2) is 159 Å². The molecule has 6 rings (SSSR count). The Kier molecular flexibility index (Phi) is 17.4.